The van der Waals surface area contributed by atoms with E-state index < -0.39 is 0 Å². The summed E-state index contributed by atoms with van der Waals surface area (Å²) in [6.07, 6.45) is 5.71. The third-order valence-corrected chi connectivity index (χ3v) is 3.77. The molecule has 0 saturated carbocycles. The van der Waals surface area contributed by atoms with Gasteiger partial charge in [0, 0.05) is 19.2 Å². The van der Waals surface area contributed by atoms with Crippen molar-refractivity contribution < 1.29 is 9.53 Å². The molecule has 1 amide bonds. The Kier molecular flexibility index (Phi) is 5.39. The topological polar surface area (TPSA) is 32.8 Å². The minimum atomic E-state index is 0.107. The van der Waals surface area contributed by atoms with E-state index in [0.717, 1.165) is 31.7 Å². The molecule has 1 heterocycles. The van der Waals surface area contributed by atoms with Gasteiger partial charge in [0.25, 0.3) is 0 Å². The maximum absolute atomic E-state index is 12.3. The molecule has 1 saturated heterocycles. The molecule has 1 aliphatic heterocycles. The molecule has 114 valence electrons. The van der Waals surface area contributed by atoms with Gasteiger partial charge in [-0.15, -0.1) is 0 Å². The monoisotopic (exact) mass is 288 g/mol. The predicted molar refractivity (Wildman–Crippen MR) is 84.4 cm³/mol. The number of nitrogens with zero attached hydrogens (tertiary/aromatic N) is 2. The molecule has 0 aromatic heterocycles. The summed E-state index contributed by atoms with van der Waals surface area (Å²) in [7, 11) is 5.64. The third kappa shape index (κ3) is 4.08. The molecule has 1 aromatic rings. The molecule has 4 nitrogen and oxygen atoms in total. The molecule has 1 aromatic carbocycles. The number of amides is 1. The minimum Gasteiger partial charge on any atom is -0.497 e. The van der Waals surface area contributed by atoms with Gasteiger partial charge < -0.3 is 14.5 Å². The van der Waals surface area contributed by atoms with Crippen LogP contribution in [0, 0.1) is 0 Å². The minimum absolute atomic E-state index is 0.107. The SMILES string of the molecule is COc1ccc(C2CCCN2C(=O)/C=C/CN(C)C)cc1. The molecular weight excluding hydrogens is 264 g/mol. The van der Waals surface area contributed by atoms with Crippen molar-refractivity contribution >= 4 is 5.91 Å². The Morgan fingerprint density at radius 1 is 1.38 bits per heavy atom. The van der Waals surface area contributed by atoms with Gasteiger partial charge in [-0.05, 0) is 44.6 Å². The summed E-state index contributed by atoms with van der Waals surface area (Å²) in [6.45, 7) is 1.62. The summed E-state index contributed by atoms with van der Waals surface area (Å²) in [5, 5.41) is 0. The van der Waals surface area contributed by atoms with Crippen LogP contribution in [0.4, 0.5) is 0 Å². The van der Waals surface area contributed by atoms with E-state index in [1.165, 1.54) is 5.56 Å². The fourth-order valence-corrected chi connectivity index (χ4v) is 2.66. The number of methoxy groups -OCH3 is 1. The molecule has 1 aliphatic rings. The highest BCUT2D eigenvalue weighted by Gasteiger charge is 2.28. The van der Waals surface area contributed by atoms with Gasteiger partial charge in [0.05, 0.1) is 13.2 Å². The van der Waals surface area contributed by atoms with Gasteiger partial charge in [-0.3, -0.25) is 4.79 Å². The summed E-state index contributed by atoms with van der Waals surface area (Å²) >= 11 is 0. The number of carbonyl (C=O) groups excluding carboxylic acids is 1. The highest BCUT2D eigenvalue weighted by molar-refractivity contribution is 5.88. The van der Waals surface area contributed by atoms with Gasteiger partial charge in [0.2, 0.25) is 5.91 Å². The van der Waals surface area contributed by atoms with Crippen LogP contribution >= 0.6 is 0 Å². The Labute approximate surface area is 127 Å². The summed E-state index contributed by atoms with van der Waals surface area (Å²) in [5.41, 5.74) is 1.18. The van der Waals surface area contributed by atoms with Gasteiger partial charge in [-0.2, -0.15) is 0 Å². The number of rotatable bonds is 5. The largest absolute Gasteiger partial charge is 0.497 e. The fourth-order valence-electron chi connectivity index (χ4n) is 2.66. The Bertz CT molecular complexity index is 494. The van der Waals surface area contributed by atoms with Crippen LogP contribution in [0.3, 0.4) is 0 Å². The predicted octanol–water partition coefficient (Wildman–Crippen LogP) is 2.48. The van der Waals surface area contributed by atoms with Crippen molar-refractivity contribution in [2.75, 3.05) is 34.3 Å². The first-order valence-corrected chi connectivity index (χ1v) is 7.37. The number of likely N-dealkylation sites (tertiary alicyclic amines) is 1. The maximum Gasteiger partial charge on any atom is 0.246 e. The van der Waals surface area contributed by atoms with E-state index in [0.29, 0.717) is 0 Å². The van der Waals surface area contributed by atoms with E-state index in [9.17, 15) is 4.79 Å². The molecule has 21 heavy (non-hydrogen) atoms. The molecule has 4 heteroatoms. The van der Waals surface area contributed by atoms with Crippen LogP contribution in [0.1, 0.15) is 24.4 Å². The average Bonchev–Trinajstić information content (AvgIpc) is 2.96. The normalized spacial score (nSPS) is 18.7. The van der Waals surface area contributed by atoms with Gasteiger partial charge in [0.1, 0.15) is 5.75 Å². The first-order chi connectivity index (χ1) is 10.1. The lowest BCUT2D eigenvalue weighted by Crippen LogP contribution is -2.29. The van der Waals surface area contributed by atoms with Crippen molar-refractivity contribution in [3.05, 3.63) is 42.0 Å². The van der Waals surface area contributed by atoms with Crippen molar-refractivity contribution in [2.24, 2.45) is 0 Å². The molecule has 0 spiro atoms. The van der Waals surface area contributed by atoms with Crippen LogP contribution in [-0.2, 0) is 4.79 Å². The summed E-state index contributed by atoms with van der Waals surface area (Å²) < 4.78 is 5.19. The number of hydrogen-bond donors (Lipinski definition) is 0. The van der Waals surface area contributed by atoms with Crippen LogP contribution in [-0.4, -0.2) is 50.0 Å². The number of benzene rings is 1. The van der Waals surface area contributed by atoms with Gasteiger partial charge in [-0.1, -0.05) is 18.2 Å². The van der Waals surface area contributed by atoms with Gasteiger partial charge in [0.15, 0.2) is 0 Å². The lowest BCUT2D eigenvalue weighted by Gasteiger charge is -2.24. The van der Waals surface area contributed by atoms with Crippen molar-refractivity contribution in [2.45, 2.75) is 18.9 Å². The van der Waals surface area contributed by atoms with E-state index >= 15 is 0 Å². The Morgan fingerprint density at radius 2 is 2.10 bits per heavy atom. The second-order valence-electron chi connectivity index (χ2n) is 5.63. The number of carbonyl (C=O) groups is 1. The second kappa shape index (κ2) is 7.27. The summed E-state index contributed by atoms with van der Waals surface area (Å²) in [6, 6.07) is 8.21. The molecule has 1 unspecified atom stereocenters. The molecule has 0 aliphatic carbocycles. The lowest BCUT2D eigenvalue weighted by atomic mass is 10.0. The van der Waals surface area contributed by atoms with Crippen LogP contribution in [0.15, 0.2) is 36.4 Å². The Hall–Kier alpha value is -1.81. The zero-order valence-corrected chi connectivity index (χ0v) is 13.1. The standard InChI is InChI=1S/C17H24N2O2/c1-18(2)12-5-7-17(20)19-13-4-6-16(19)14-8-10-15(21-3)11-9-14/h5,7-11,16H,4,6,12-13H2,1-3H3/b7-5+. The molecule has 0 N–H and O–H groups in total. The molecule has 0 bridgehead atoms. The van der Waals surface area contributed by atoms with Crippen molar-refractivity contribution in [3.63, 3.8) is 0 Å². The van der Waals surface area contributed by atoms with Gasteiger partial charge in [-0.25, -0.2) is 0 Å². The quantitative estimate of drug-likeness (QED) is 0.780. The molecular formula is C17H24N2O2. The zero-order valence-electron chi connectivity index (χ0n) is 13.1. The van der Waals surface area contributed by atoms with Crippen LogP contribution in [0.5, 0.6) is 5.75 Å². The van der Waals surface area contributed by atoms with Crippen molar-refractivity contribution in [1.82, 2.24) is 9.80 Å². The number of ether oxygens (including phenoxy) is 1. The van der Waals surface area contributed by atoms with Crippen molar-refractivity contribution in [1.29, 1.82) is 0 Å². The van der Waals surface area contributed by atoms with Crippen LogP contribution < -0.4 is 4.74 Å². The van der Waals surface area contributed by atoms with E-state index in [1.54, 1.807) is 13.2 Å². The fraction of sp³-hybridized carbons (Fsp3) is 0.471. The third-order valence-electron chi connectivity index (χ3n) is 3.77. The van der Waals surface area contributed by atoms with E-state index in [1.807, 2.05) is 42.1 Å². The zero-order chi connectivity index (χ0) is 15.2. The maximum atomic E-state index is 12.3. The average molecular weight is 288 g/mol. The molecule has 2 rings (SSSR count). The first kappa shape index (κ1) is 15.6. The van der Waals surface area contributed by atoms with Gasteiger partial charge >= 0.3 is 0 Å². The molecule has 1 fully saturated rings. The summed E-state index contributed by atoms with van der Waals surface area (Å²) in [4.78, 5) is 16.3. The number of likely N-dealkylation sites (N-methyl/N-ethyl adjacent to an activating group) is 1. The highest BCUT2D eigenvalue weighted by Crippen LogP contribution is 2.32. The van der Waals surface area contributed by atoms with Crippen LogP contribution in [0.2, 0.25) is 0 Å². The van der Waals surface area contributed by atoms with E-state index in [-0.39, 0.29) is 11.9 Å². The smallest absolute Gasteiger partial charge is 0.246 e. The van der Waals surface area contributed by atoms with Crippen molar-refractivity contribution in [3.8, 4) is 5.75 Å². The molecule has 1 atom stereocenters. The Morgan fingerprint density at radius 3 is 2.71 bits per heavy atom. The first-order valence-electron chi connectivity index (χ1n) is 7.37. The second-order valence-corrected chi connectivity index (χ2v) is 5.63. The number of hydrogen-bond acceptors (Lipinski definition) is 3. The lowest BCUT2D eigenvalue weighted by molar-refractivity contribution is -0.126. The van der Waals surface area contributed by atoms with Crippen LogP contribution in [0.25, 0.3) is 0 Å². The van der Waals surface area contributed by atoms with E-state index in [2.05, 4.69) is 12.1 Å². The Balaban J connectivity index is 2.05. The van der Waals surface area contributed by atoms with E-state index in [4.69, 9.17) is 4.74 Å². The molecule has 0 radical (unpaired) electrons. The highest BCUT2D eigenvalue weighted by atomic mass is 16.5. The summed E-state index contributed by atoms with van der Waals surface area (Å²) in [5.74, 6) is 0.954.